The van der Waals surface area contributed by atoms with Gasteiger partial charge in [-0.25, -0.2) is 13.4 Å². The third-order valence-electron chi connectivity index (χ3n) is 5.01. The minimum Gasteiger partial charge on any atom is -0.443 e. The van der Waals surface area contributed by atoms with Crippen molar-refractivity contribution in [2.75, 3.05) is 20.1 Å². The van der Waals surface area contributed by atoms with Crippen LogP contribution >= 0.6 is 24.0 Å². The number of guanidine groups is 1. The summed E-state index contributed by atoms with van der Waals surface area (Å²) in [5, 5.41) is 6.39. The van der Waals surface area contributed by atoms with Crippen molar-refractivity contribution in [3.05, 3.63) is 47.7 Å². The lowest BCUT2D eigenvalue weighted by Crippen LogP contribution is -2.36. The van der Waals surface area contributed by atoms with Gasteiger partial charge >= 0.3 is 0 Å². The summed E-state index contributed by atoms with van der Waals surface area (Å²) >= 11 is 0. The molecule has 0 amide bonds. The maximum Gasteiger partial charge on any atom is 0.243 e. The van der Waals surface area contributed by atoms with Gasteiger partial charge in [0.1, 0.15) is 5.76 Å². The number of hydrogen-bond donors (Lipinski definition) is 2. The molecule has 0 unspecified atom stereocenters. The minimum absolute atomic E-state index is 0. The molecule has 2 N–H and O–H groups in total. The van der Waals surface area contributed by atoms with Crippen molar-refractivity contribution in [1.29, 1.82) is 0 Å². The van der Waals surface area contributed by atoms with Crippen molar-refractivity contribution in [2.45, 2.75) is 57.0 Å². The molecule has 3 rings (SSSR count). The lowest BCUT2D eigenvalue weighted by molar-refractivity contribution is 0.379. The van der Waals surface area contributed by atoms with E-state index in [2.05, 4.69) is 41.4 Å². The zero-order chi connectivity index (χ0) is 21.8. The van der Waals surface area contributed by atoms with E-state index in [0.717, 1.165) is 24.2 Å². The zero-order valence-corrected chi connectivity index (χ0v) is 21.7. The molecule has 1 aliphatic heterocycles. The topological polar surface area (TPSA) is 99.8 Å². The number of aromatic nitrogens is 1. The number of benzene rings is 1. The molecule has 8 nitrogen and oxygen atoms in total. The number of hydrogen-bond acceptors (Lipinski definition) is 5. The highest BCUT2D eigenvalue weighted by Gasteiger charge is 2.26. The Labute approximate surface area is 202 Å². The van der Waals surface area contributed by atoms with Crippen LogP contribution in [0.15, 0.2) is 44.8 Å². The van der Waals surface area contributed by atoms with Gasteiger partial charge in [-0.2, -0.15) is 4.31 Å². The summed E-state index contributed by atoms with van der Waals surface area (Å²) in [7, 11) is -1.69. The Kier molecular flexibility index (Phi) is 8.90. The molecule has 172 valence electrons. The van der Waals surface area contributed by atoms with E-state index in [1.54, 1.807) is 29.7 Å². The first kappa shape index (κ1) is 25.6. The Hall–Kier alpha value is -1.66. The monoisotopic (exact) mass is 561 g/mol. The van der Waals surface area contributed by atoms with Crippen LogP contribution in [0.4, 0.5) is 0 Å². The quantitative estimate of drug-likeness (QED) is 0.319. The molecule has 1 fully saturated rings. The second kappa shape index (κ2) is 10.8. The van der Waals surface area contributed by atoms with Gasteiger partial charge < -0.3 is 15.1 Å². The van der Waals surface area contributed by atoms with Crippen LogP contribution in [0.1, 0.15) is 50.8 Å². The first-order chi connectivity index (χ1) is 14.2. The number of aliphatic imine (C=N–C) groups is 1. The third-order valence-corrected chi connectivity index (χ3v) is 6.92. The van der Waals surface area contributed by atoms with Crippen LogP contribution in [0.25, 0.3) is 0 Å². The molecule has 0 atom stereocenters. The molecule has 1 aromatic heterocycles. The fourth-order valence-electron chi connectivity index (χ4n) is 3.16. The number of halogens is 1. The second-order valence-electron chi connectivity index (χ2n) is 8.40. The van der Waals surface area contributed by atoms with E-state index in [0.29, 0.717) is 42.9 Å². The molecule has 31 heavy (non-hydrogen) atoms. The Morgan fingerprint density at radius 3 is 2.29 bits per heavy atom. The van der Waals surface area contributed by atoms with Gasteiger partial charge in [-0.05, 0) is 30.5 Å². The van der Waals surface area contributed by atoms with Gasteiger partial charge in [0.05, 0.1) is 17.6 Å². The van der Waals surface area contributed by atoms with Crippen LogP contribution < -0.4 is 10.6 Å². The fourth-order valence-corrected chi connectivity index (χ4v) is 4.68. The van der Waals surface area contributed by atoms with Gasteiger partial charge in [-0.3, -0.25) is 4.99 Å². The number of oxazole rings is 1. The number of sulfonamides is 1. The molecule has 0 saturated carbocycles. The van der Waals surface area contributed by atoms with Crippen molar-refractivity contribution >= 4 is 40.0 Å². The Bertz CT molecular complexity index is 975. The first-order valence-corrected chi connectivity index (χ1v) is 11.6. The van der Waals surface area contributed by atoms with Crippen LogP contribution in [0.2, 0.25) is 0 Å². The highest BCUT2D eigenvalue weighted by Crippen LogP contribution is 2.23. The first-order valence-electron chi connectivity index (χ1n) is 10.2. The average Bonchev–Trinajstić information content (AvgIpc) is 3.40. The minimum atomic E-state index is -3.38. The van der Waals surface area contributed by atoms with Crippen molar-refractivity contribution in [2.24, 2.45) is 4.99 Å². The Morgan fingerprint density at radius 1 is 1.13 bits per heavy atom. The Morgan fingerprint density at radius 2 is 1.74 bits per heavy atom. The number of rotatable bonds is 6. The van der Waals surface area contributed by atoms with Crippen LogP contribution in [-0.4, -0.2) is 43.8 Å². The molecule has 10 heteroatoms. The average molecular weight is 561 g/mol. The van der Waals surface area contributed by atoms with Crippen LogP contribution in [0.3, 0.4) is 0 Å². The summed E-state index contributed by atoms with van der Waals surface area (Å²) in [6.07, 6.45) is 3.61. The second-order valence-corrected chi connectivity index (χ2v) is 10.3. The van der Waals surface area contributed by atoms with Crippen molar-refractivity contribution < 1.29 is 12.8 Å². The van der Waals surface area contributed by atoms with E-state index in [4.69, 9.17) is 4.42 Å². The molecule has 0 aliphatic carbocycles. The summed E-state index contributed by atoms with van der Waals surface area (Å²) in [6, 6.07) is 6.99. The fraction of sp³-hybridized carbons (Fsp3) is 0.524. The molecular weight excluding hydrogens is 529 g/mol. The summed E-state index contributed by atoms with van der Waals surface area (Å²) in [5.74, 6) is 2.05. The molecule has 0 bridgehead atoms. The van der Waals surface area contributed by atoms with E-state index in [1.807, 2.05) is 12.1 Å². The molecule has 2 aromatic rings. The molecular formula is C21H32IN5O3S. The van der Waals surface area contributed by atoms with Crippen LogP contribution in [-0.2, 0) is 28.5 Å². The van der Waals surface area contributed by atoms with Gasteiger partial charge in [-0.15, -0.1) is 24.0 Å². The molecule has 0 radical (unpaired) electrons. The summed E-state index contributed by atoms with van der Waals surface area (Å²) in [6.45, 7) is 8.38. The van der Waals surface area contributed by atoms with E-state index >= 15 is 0 Å². The normalized spacial score (nSPS) is 15.5. The molecule has 1 aromatic carbocycles. The lowest BCUT2D eigenvalue weighted by atomic mass is 9.94. The summed E-state index contributed by atoms with van der Waals surface area (Å²) < 4.78 is 32.5. The van der Waals surface area contributed by atoms with Crippen molar-refractivity contribution in [1.82, 2.24) is 19.9 Å². The maximum absolute atomic E-state index is 12.6. The number of nitrogens with zero attached hydrogens (tertiary/aromatic N) is 3. The van der Waals surface area contributed by atoms with Gasteiger partial charge in [0.2, 0.25) is 15.9 Å². The van der Waals surface area contributed by atoms with E-state index in [1.165, 1.54) is 0 Å². The predicted octanol–water partition coefficient (Wildman–Crippen LogP) is 3.24. The predicted molar refractivity (Wildman–Crippen MR) is 132 cm³/mol. The smallest absolute Gasteiger partial charge is 0.243 e. The van der Waals surface area contributed by atoms with Gasteiger partial charge in [0.15, 0.2) is 5.96 Å². The zero-order valence-electron chi connectivity index (χ0n) is 18.5. The van der Waals surface area contributed by atoms with Gasteiger partial charge in [0, 0.05) is 32.1 Å². The highest BCUT2D eigenvalue weighted by molar-refractivity contribution is 14.0. The lowest BCUT2D eigenvalue weighted by Gasteiger charge is -2.16. The van der Waals surface area contributed by atoms with E-state index < -0.39 is 10.0 Å². The van der Waals surface area contributed by atoms with Crippen LogP contribution in [0, 0.1) is 0 Å². The van der Waals surface area contributed by atoms with Crippen molar-refractivity contribution in [3.63, 3.8) is 0 Å². The van der Waals surface area contributed by atoms with E-state index in [-0.39, 0.29) is 29.4 Å². The van der Waals surface area contributed by atoms with E-state index in [9.17, 15) is 8.42 Å². The third kappa shape index (κ3) is 6.66. The molecule has 1 aliphatic rings. The molecule has 1 saturated heterocycles. The van der Waals surface area contributed by atoms with Gasteiger partial charge in [0.25, 0.3) is 0 Å². The maximum atomic E-state index is 12.6. The summed E-state index contributed by atoms with van der Waals surface area (Å²) in [4.78, 5) is 8.85. The number of nitrogens with one attached hydrogen (secondary N) is 2. The largest absolute Gasteiger partial charge is 0.443 e. The standard InChI is InChI=1S/C21H31N5O3S.HI/c1-21(2,3)18-14-23-19(29-18)15-25-20(22-4)24-13-16-7-9-17(10-8-16)30(27,28)26-11-5-6-12-26;/h7-10,14H,5-6,11-13,15H2,1-4H3,(H2,22,24,25);1H. The molecule has 2 heterocycles. The Balaban J connectivity index is 0.00000341. The summed E-state index contributed by atoms with van der Waals surface area (Å²) in [5.41, 5.74) is 0.879. The van der Waals surface area contributed by atoms with Gasteiger partial charge in [-0.1, -0.05) is 32.9 Å². The molecule has 0 spiro atoms. The SMILES string of the molecule is CN=C(NCc1ccc(S(=O)(=O)N2CCCC2)cc1)NCc1ncc(C(C)(C)C)o1.I. The highest BCUT2D eigenvalue weighted by atomic mass is 127. The van der Waals surface area contributed by atoms with Crippen molar-refractivity contribution in [3.8, 4) is 0 Å². The van der Waals surface area contributed by atoms with Crippen LogP contribution in [0.5, 0.6) is 0 Å².